The first kappa shape index (κ1) is 23.0. The molecule has 0 bridgehead atoms. The molecular formula is C19H20ClF3N2O3S. The van der Waals surface area contributed by atoms with Gasteiger partial charge in [-0.2, -0.15) is 13.2 Å². The molecule has 0 aliphatic rings. The lowest BCUT2D eigenvalue weighted by atomic mass is 10.1. The Morgan fingerprint density at radius 3 is 2.24 bits per heavy atom. The number of nitrogens with one attached hydrogen (secondary N) is 1. The number of carbonyl (C=O) groups excluding carboxylic acids is 1. The minimum atomic E-state index is -4.75. The molecule has 0 aromatic heterocycles. The average Bonchev–Trinajstić information content (AvgIpc) is 2.57. The monoisotopic (exact) mass is 448 g/mol. The van der Waals surface area contributed by atoms with Gasteiger partial charge in [-0.25, -0.2) is 8.42 Å². The summed E-state index contributed by atoms with van der Waals surface area (Å²) in [6.45, 7) is 4.93. The van der Waals surface area contributed by atoms with Crippen molar-refractivity contribution in [1.29, 1.82) is 0 Å². The SMILES string of the molecule is Cc1ccc(N([C@@H](C)C(=O)Nc2ccc(Cl)cc2C(F)(F)F)S(C)(=O)=O)cc1C. The molecule has 2 aromatic carbocycles. The van der Waals surface area contributed by atoms with Gasteiger partial charge in [0.15, 0.2) is 0 Å². The number of hydrogen-bond acceptors (Lipinski definition) is 3. The second kappa shape index (κ2) is 8.23. The first-order chi connectivity index (χ1) is 13.2. The van der Waals surface area contributed by atoms with Gasteiger partial charge >= 0.3 is 6.18 Å². The third-order valence-corrected chi connectivity index (χ3v) is 5.86. The molecule has 0 saturated heterocycles. The van der Waals surface area contributed by atoms with Gasteiger partial charge in [0.25, 0.3) is 0 Å². The van der Waals surface area contributed by atoms with Gasteiger partial charge in [-0.3, -0.25) is 9.10 Å². The van der Waals surface area contributed by atoms with Crippen molar-refractivity contribution in [2.45, 2.75) is 33.0 Å². The van der Waals surface area contributed by atoms with E-state index in [1.165, 1.54) is 19.1 Å². The summed E-state index contributed by atoms with van der Waals surface area (Å²) in [5.41, 5.74) is 0.344. The van der Waals surface area contributed by atoms with Crippen molar-refractivity contribution in [2.75, 3.05) is 15.9 Å². The van der Waals surface area contributed by atoms with Crippen molar-refractivity contribution in [2.24, 2.45) is 0 Å². The van der Waals surface area contributed by atoms with Crippen LogP contribution in [0.4, 0.5) is 24.5 Å². The fourth-order valence-electron chi connectivity index (χ4n) is 2.77. The Labute approximate surface area is 172 Å². The van der Waals surface area contributed by atoms with Gasteiger partial charge in [0, 0.05) is 5.02 Å². The predicted molar refractivity (Wildman–Crippen MR) is 108 cm³/mol. The van der Waals surface area contributed by atoms with Crippen LogP contribution in [0.15, 0.2) is 36.4 Å². The Bertz CT molecular complexity index is 1040. The topological polar surface area (TPSA) is 66.5 Å². The molecular weight excluding hydrogens is 429 g/mol. The predicted octanol–water partition coefficient (Wildman–Crippen LogP) is 4.77. The summed E-state index contributed by atoms with van der Waals surface area (Å²) in [4.78, 5) is 12.7. The highest BCUT2D eigenvalue weighted by Gasteiger charge is 2.36. The largest absolute Gasteiger partial charge is 0.418 e. The van der Waals surface area contributed by atoms with Crippen molar-refractivity contribution in [3.63, 3.8) is 0 Å². The van der Waals surface area contributed by atoms with Crippen molar-refractivity contribution in [1.82, 2.24) is 0 Å². The van der Waals surface area contributed by atoms with Crippen molar-refractivity contribution < 1.29 is 26.4 Å². The van der Waals surface area contributed by atoms with E-state index in [9.17, 15) is 26.4 Å². The number of nitrogens with zero attached hydrogens (tertiary/aromatic N) is 1. The van der Waals surface area contributed by atoms with E-state index in [2.05, 4.69) is 5.32 Å². The molecule has 2 aromatic rings. The highest BCUT2D eigenvalue weighted by Crippen LogP contribution is 2.36. The molecule has 0 spiro atoms. The third-order valence-electron chi connectivity index (χ3n) is 4.38. The molecule has 5 nitrogen and oxygen atoms in total. The summed E-state index contributed by atoms with van der Waals surface area (Å²) in [5.74, 6) is -0.915. The highest BCUT2D eigenvalue weighted by atomic mass is 35.5. The van der Waals surface area contributed by atoms with E-state index in [4.69, 9.17) is 11.6 Å². The van der Waals surface area contributed by atoms with E-state index in [-0.39, 0.29) is 10.7 Å². The summed E-state index contributed by atoms with van der Waals surface area (Å²) in [7, 11) is -3.90. The number of hydrogen-bond donors (Lipinski definition) is 1. The van der Waals surface area contributed by atoms with Crippen LogP contribution in [0.3, 0.4) is 0 Å². The maximum Gasteiger partial charge on any atom is 0.418 e. The molecule has 29 heavy (non-hydrogen) atoms. The number of amides is 1. The van der Waals surface area contributed by atoms with Crippen LogP contribution >= 0.6 is 11.6 Å². The van der Waals surface area contributed by atoms with E-state index in [1.807, 2.05) is 6.92 Å². The minimum absolute atomic E-state index is 0.142. The minimum Gasteiger partial charge on any atom is -0.324 e. The van der Waals surface area contributed by atoms with Gasteiger partial charge in [0.2, 0.25) is 15.9 Å². The van der Waals surface area contributed by atoms with Crippen molar-refractivity contribution in [3.05, 3.63) is 58.1 Å². The zero-order valence-corrected chi connectivity index (χ0v) is 17.7. The highest BCUT2D eigenvalue weighted by molar-refractivity contribution is 7.92. The van der Waals surface area contributed by atoms with Crippen LogP contribution in [-0.2, 0) is 21.0 Å². The Morgan fingerprint density at radius 1 is 1.10 bits per heavy atom. The zero-order valence-electron chi connectivity index (χ0n) is 16.1. The molecule has 0 unspecified atom stereocenters. The van der Waals surface area contributed by atoms with Crippen molar-refractivity contribution >= 4 is 38.9 Å². The molecule has 2 rings (SSSR count). The van der Waals surface area contributed by atoms with Crippen LogP contribution in [0.1, 0.15) is 23.6 Å². The van der Waals surface area contributed by atoms with Crippen LogP contribution in [0, 0.1) is 13.8 Å². The maximum absolute atomic E-state index is 13.3. The van der Waals surface area contributed by atoms with Gasteiger partial charge in [0.05, 0.1) is 23.2 Å². The van der Waals surface area contributed by atoms with Crippen LogP contribution in [0.25, 0.3) is 0 Å². The van der Waals surface area contributed by atoms with Crippen molar-refractivity contribution in [3.8, 4) is 0 Å². The van der Waals surface area contributed by atoms with Gasteiger partial charge in [-0.05, 0) is 62.2 Å². The summed E-state index contributed by atoms with van der Waals surface area (Å²) >= 11 is 5.64. The van der Waals surface area contributed by atoms with Crippen LogP contribution in [0.5, 0.6) is 0 Å². The van der Waals surface area contributed by atoms with Crippen LogP contribution in [-0.4, -0.2) is 26.6 Å². The number of sulfonamides is 1. The first-order valence-electron chi connectivity index (χ1n) is 8.46. The number of alkyl halides is 3. The number of aryl methyl sites for hydroxylation is 2. The van der Waals surface area contributed by atoms with Crippen LogP contribution < -0.4 is 9.62 Å². The molecule has 0 saturated carbocycles. The molecule has 0 aliphatic carbocycles. The molecule has 1 amide bonds. The molecule has 158 valence electrons. The number of halogens is 4. The molecule has 0 radical (unpaired) electrons. The third kappa shape index (κ3) is 5.42. The van der Waals surface area contributed by atoms with Gasteiger partial charge in [0.1, 0.15) is 6.04 Å². The first-order valence-corrected chi connectivity index (χ1v) is 10.7. The van der Waals surface area contributed by atoms with Crippen LogP contribution in [0.2, 0.25) is 5.02 Å². The Balaban J connectivity index is 2.42. The zero-order chi connectivity index (χ0) is 22.1. The number of anilines is 2. The fraction of sp³-hybridized carbons (Fsp3) is 0.316. The molecule has 0 heterocycles. The molecule has 1 N–H and O–H groups in total. The number of carbonyl (C=O) groups is 1. The van der Waals surface area contributed by atoms with E-state index in [0.29, 0.717) is 6.07 Å². The Hall–Kier alpha value is -2.26. The van der Waals surface area contributed by atoms with Gasteiger partial charge in [-0.15, -0.1) is 0 Å². The number of rotatable bonds is 5. The Kier molecular flexibility index (Phi) is 6.54. The lowest BCUT2D eigenvalue weighted by molar-refractivity contribution is -0.137. The summed E-state index contributed by atoms with van der Waals surface area (Å²) in [6, 6.07) is 6.46. The second-order valence-electron chi connectivity index (χ2n) is 6.68. The van der Waals surface area contributed by atoms with E-state index < -0.39 is 39.4 Å². The lowest BCUT2D eigenvalue weighted by Crippen LogP contribution is -2.45. The summed E-state index contributed by atoms with van der Waals surface area (Å²) < 4.78 is 65.3. The van der Waals surface area contributed by atoms with E-state index >= 15 is 0 Å². The normalized spacial score (nSPS) is 13.1. The summed E-state index contributed by atoms with van der Waals surface area (Å²) in [5, 5.41) is 2.03. The maximum atomic E-state index is 13.3. The lowest BCUT2D eigenvalue weighted by Gasteiger charge is -2.29. The van der Waals surface area contributed by atoms with Gasteiger partial charge in [-0.1, -0.05) is 17.7 Å². The summed E-state index contributed by atoms with van der Waals surface area (Å²) in [6.07, 6.45) is -3.82. The second-order valence-corrected chi connectivity index (χ2v) is 8.98. The average molecular weight is 449 g/mol. The molecule has 10 heteroatoms. The van der Waals surface area contributed by atoms with E-state index in [0.717, 1.165) is 27.8 Å². The molecule has 0 fully saturated rings. The quantitative estimate of drug-likeness (QED) is 0.716. The molecule has 0 aliphatic heterocycles. The fourth-order valence-corrected chi connectivity index (χ4v) is 4.11. The number of benzene rings is 2. The van der Waals surface area contributed by atoms with E-state index in [1.54, 1.807) is 19.1 Å². The van der Waals surface area contributed by atoms with Gasteiger partial charge < -0.3 is 5.32 Å². The molecule has 1 atom stereocenters. The smallest absolute Gasteiger partial charge is 0.324 e. The Morgan fingerprint density at radius 2 is 1.72 bits per heavy atom. The standard InChI is InChI=1S/C19H20ClF3N2O3S/c1-11-5-7-15(9-12(11)2)25(29(4,27)28)13(3)18(26)24-17-8-6-14(20)10-16(17)19(21,22)23/h5-10,13H,1-4H3,(H,24,26)/t13-/m0/s1.